The van der Waals surface area contributed by atoms with Crippen LogP contribution in [-0.2, 0) is 4.79 Å². The van der Waals surface area contributed by atoms with Crippen LogP contribution in [-0.4, -0.2) is 36.1 Å². The lowest BCUT2D eigenvalue weighted by Gasteiger charge is -2.09. The molecule has 29 heavy (non-hydrogen) atoms. The van der Waals surface area contributed by atoms with Crippen molar-refractivity contribution in [3.8, 4) is 34.4 Å². The first-order chi connectivity index (χ1) is 14.2. The van der Waals surface area contributed by atoms with Gasteiger partial charge in [0.25, 0.3) is 5.91 Å². The molecule has 0 saturated heterocycles. The molecular formula is C21H19N3O5. The Morgan fingerprint density at radius 1 is 1.00 bits per heavy atom. The molecule has 0 fully saturated rings. The summed E-state index contributed by atoms with van der Waals surface area (Å²) in [6.45, 7) is 2.51. The number of hydrogen-bond donors (Lipinski definition) is 1. The van der Waals surface area contributed by atoms with E-state index in [9.17, 15) is 4.79 Å². The van der Waals surface area contributed by atoms with Crippen LogP contribution >= 0.6 is 0 Å². The summed E-state index contributed by atoms with van der Waals surface area (Å²) in [6, 6.07) is 16.1. The number of carbonyl (C=O) groups excluding carboxylic acids is 1. The largest absolute Gasteiger partial charge is 0.484 e. The maximum Gasteiger partial charge on any atom is 0.262 e. The molecule has 1 aliphatic heterocycles. The average molecular weight is 393 g/mol. The summed E-state index contributed by atoms with van der Waals surface area (Å²) in [4.78, 5) is 12.1. The third kappa shape index (κ3) is 4.55. The molecule has 0 unspecified atom stereocenters. The van der Waals surface area contributed by atoms with Gasteiger partial charge in [-0.1, -0.05) is 12.1 Å². The van der Waals surface area contributed by atoms with Crippen LogP contribution in [0.5, 0.6) is 23.1 Å². The van der Waals surface area contributed by atoms with Crippen molar-refractivity contribution in [3.05, 3.63) is 54.6 Å². The quantitative estimate of drug-likeness (QED) is 0.658. The monoisotopic (exact) mass is 393 g/mol. The van der Waals surface area contributed by atoms with Crippen molar-refractivity contribution in [2.75, 3.05) is 25.3 Å². The molecule has 0 atom stereocenters. The number of benzene rings is 2. The number of carbonyl (C=O) groups is 1. The van der Waals surface area contributed by atoms with E-state index in [4.69, 9.17) is 18.9 Å². The van der Waals surface area contributed by atoms with E-state index in [0.29, 0.717) is 35.4 Å². The Morgan fingerprint density at radius 2 is 1.83 bits per heavy atom. The fraction of sp³-hybridized carbons (Fsp3) is 0.190. The van der Waals surface area contributed by atoms with Crippen molar-refractivity contribution in [2.24, 2.45) is 0 Å². The summed E-state index contributed by atoms with van der Waals surface area (Å²) in [5, 5.41) is 11.0. The molecule has 148 valence electrons. The van der Waals surface area contributed by atoms with Gasteiger partial charge in [-0.2, -0.15) is 0 Å². The number of nitrogens with one attached hydrogen (secondary N) is 1. The molecule has 0 bridgehead atoms. The van der Waals surface area contributed by atoms with Crippen molar-refractivity contribution in [1.82, 2.24) is 10.2 Å². The zero-order chi connectivity index (χ0) is 20.1. The van der Waals surface area contributed by atoms with Gasteiger partial charge in [-0.25, -0.2) is 0 Å². The highest BCUT2D eigenvalue weighted by molar-refractivity contribution is 5.92. The highest BCUT2D eigenvalue weighted by atomic mass is 16.7. The Bertz CT molecular complexity index is 990. The average Bonchev–Trinajstić information content (AvgIpc) is 3.22. The summed E-state index contributed by atoms with van der Waals surface area (Å²) >= 11 is 0. The normalized spacial score (nSPS) is 11.8. The van der Waals surface area contributed by atoms with E-state index >= 15 is 0 Å². The predicted octanol–water partition coefficient (Wildman–Crippen LogP) is 3.29. The van der Waals surface area contributed by atoms with Crippen molar-refractivity contribution in [2.45, 2.75) is 6.92 Å². The van der Waals surface area contributed by atoms with Crippen LogP contribution in [0.15, 0.2) is 54.6 Å². The van der Waals surface area contributed by atoms with Crippen LogP contribution in [0.25, 0.3) is 11.3 Å². The number of aromatic nitrogens is 2. The van der Waals surface area contributed by atoms with Crippen LogP contribution in [0.4, 0.5) is 5.69 Å². The summed E-state index contributed by atoms with van der Waals surface area (Å²) in [7, 11) is 0. The summed E-state index contributed by atoms with van der Waals surface area (Å²) in [6.07, 6.45) is 0. The molecule has 8 heteroatoms. The smallest absolute Gasteiger partial charge is 0.262 e. The minimum Gasteiger partial charge on any atom is -0.484 e. The van der Waals surface area contributed by atoms with Crippen molar-refractivity contribution in [3.63, 3.8) is 0 Å². The topological polar surface area (TPSA) is 91.8 Å². The molecule has 1 aromatic heterocycles. The van der Waals surface area contributed by atoms with Crippen molar-refractivity contribution >= 4 is 11.6 Å². The second kappa shape index (κ2) is 8.47. The lowest BCUT2D eigenvalue weighted by atomic mass is 10.1. The number of amides is 1. The first-order valence-corrected chi connectivity index (χ1v) is 9.10. The second-order valence-electron chi connectivity index (χ2n) is 6.12. The number of anilines is 1. The van der Waals surface area contributed by atoms with Gasteiger partial charge in [-0.15, -0.1) is 10.2 Å². The highest BCUT2D eigenvalue weighted by Crippen LogP contribution is 2.35. The van der Waals surface area contributed by atoms with Crippen LogP contribution in [0.3, 0.4) is 0 Å². The molecular weight excluding hydrogens is 374 g/mol. The summed E-state index contributed by atoms with van der Waals surface area (Å²) in [5.74, 6) is 2.03. The van der Waals surface area contributed by atoms with Gasteiger partial charge in [-0.3, -0.25) is 4.79 Å². The first-order valence-electron chi connectivity index (χ1n) is 9.10. The molecule has 4 rings (SSSR count). The molecule has 1 amide bonds. The van der Waals surface area contributed by atoms with Gasteiger partial charge in [-0.05, 0) is 37.3 Å². The number of ether oxygens (including phenoxy) is 4. The number of fused-ring (bicyclic) bond motifs is 1. The van der Waals surface area contributed by atoms with E-state index in [0.717, 1.165) is 11.3 Å². The zero-order valence-corrected chi connectivity index (χ0v) is 15.8. The standard InChI is InChI=1S/C21H19N3O5/c1-2-26-21-10-8-17(23-24-21)14-3-5-15(6-4-14)22-20(25)12-27-16-7-9-18-19(11-16)29-13-28-18/h3-11H,2,12-13H2,1H3,(H,22,25). The highest BCUT2D eigenvalue weighted by Gasteiger charge is 2.14. The minimum absolute atomic E-state index is 0.119. The zero-order valence-electron chi connectivity index (χ0n) is 15.8. The molecule has 1 aliphatic rings. The maximum atomic E-state index is 12.1. The van der Waals surface area contributed by atoms with Crippen molar-refractivity contribution in [1.29, 1.82) is 0 Å². The van der Waals surface area contributed by atoms with Crippen LogP contribution in [0.2, 0.25) is 0 Å². The second-order valence-corrected chi connectivity index (χ2v) is 6.12. The number of rotatable bonds is 7. The molecule has 2 heterocycles. The molecule has 8 nitrogen and oxygen atoms in total. The van der Waals surface area contributed by atoms with E-state index in [1.807, 2.05) is 25.1 Å². The van der Waals surface area contributed by atoms with Gasteiger partial charge in [0.1, 0.15) is 5.75 Å². The van der Waals surface area contributed by atoms with E-state index in [1.54, 1.807) is 36.4 Å². The Kier molecular flexibility index (Phi) is 5.42. The third-order valence-electron chi connectivity index (χ3n) is 4.11. The molecule has 2 aromatic carbocycles. The van der Waals surface area contributed by atoms with Gasteiger partial charge in [0, 0.05) is 23.4 Å². The van der Waals surface area contributed by atoms with Crippen molar-refractivity contribution < 1.29 is 23.7 Å². The third-order valence-corrected chi connectivity index (χ3v) is 4.11. The fourth-order valence-electron chi connectivity index (χ4n) is 2.74. The van der Waals surface area contributed by atoms with E-state index in [2.05, 4.69) is 15.5 Å². The lowest BCUT2D eigenvalue weighted by molar-refractivity contribution is -0.118. The minimum atomic E-state index is -0.267. The molecule has 0 spiro atoms. The Labute approximate surface area is 167 Å². The predicted molar refractivity (Wildman–Crippen MR) is 105 cm³/mol. The number of nitrogens with zero attached hydrogens (tertiary/aromatic N) is 2. The van der Waals surface area contributed by atoms with Crippen LogP contribution in [0, 0.1) is 0 Å². The lowest BCUT2D eigenvalue weighted by Crippen LogP contribution is -2.20. The number of hydrogen-bond acceptors (Lipinski definition) is 7. The van der Waals surface area contributed by atoms with Gasteiger partial charge < -0.3 is 24.3 Å². The Hall–Kier alpha value is -3.81. The molecule has 1 N–H and O–H groups in total. The Morgan fingerprint density at radius 3 is 2.59 bits per heavy atom. The van der Waals surface area contributed by atoms with Gasteiger partial charge in [0.05, 0.1) is 12.3 Å². The fourth-order valence-corrected chi connectivity index (χ4v) is 2.74. The van der Waals surface area contributed by atoms with Gasteiger partial charge in [0.2, 0.25) is 12.7 Å². The summed E-state index contributed by atoms with van der Waals surface area (Å²) < 4.78 is 21.3. The molecule has 0 saturated carbocycles. The van der Waals surface area contributed by atoms with E-state index in [-0.39, 0.29) is 19.3 Å². The first kappa shape index (κ1) is 18.5. The molecule has 0 radical (unpaired) electrons. The summed E-state index contributed by atoms with van der Waals surface area (Å²) in [5.41, 5.74) is 2.26. The van der Waals surface area contributed by atoms with E-state index in [1.165, 1.54) is 0 Å². The Balaban J connectivity index is 1.31. The van der Waals surface area contributed by atoms with E-state index < -0.39 is 0 Å². The maximum absolute atomic E-state index is 12.1. The molecule has 3 aromatic rings. The van der Waals surface area contributed by atoms with Crippen LogP contribution in [0.1, 0.15) is 6.92 Å². The molecule has 0 aliphatic carbocycles. The SMILES string of the molecule is CCOc1ccc(-c2ccc(NC(=O)COc3ccc4c(c3)OCO4)cc2)nn1. The van der Waals surface area contributed by atoms with Gasteiger partial charge >= 0.3 is 0 Å². The van der Waals surface area contributed by atoms with Crippen LogP contribution < -0.4 is 24.3 Å². The van der Waals surface area contributed by atoms with Gasteiger partial charge in [0.15, 0.2) is 18.1 Å².